The second kappa shape index (κ2) is 6.29. The lowest BCUT2D eigenvalue weighted by Gasteiger charge is -2.10. The molecule has 0 bridgehead atoms. The van der Waals surface area contributed by atoms with Crippen molar-refractivity contribution >= 4 is 50.6 Å². The molecule has 0 saturated carbocycles. The van der Waals surface area contributed by atoms with Crippen molar-refractivity contribution in [1.82, 2.24) is 0 Å². The van der Waals surface area contributed by atoms with E-state index in [1.54, 1.807) is 0 Å². The van der Waals surface area contributed by atoms with Crippen molar-refractivity contribution in [2.24, 2.45) is 0 Å². The summed E-state index contributed by atoms with van der Waals surface area (Å²) < 4.78 is 29.2. The maximum atomic E-state index is 12.2. The lowest BCUT2D eigenvalue weighted by Crippen LogP contribution is -2.10. The standard InChI is InChI=1S/C12H6Cl3NO5S/c13-8-2-1-3-11(12(8)15)22(19,20)21-10-5-4-7(16(17)18)6-9(10)14/h1-6H. The molecule has 22 heavy (non-hydrogen) atoms. The largest absolute Gasteiger partial charge is 0.377 e. The zero-order valence-electron chi connectivity index (χ0n) is 10.5. The Labute approximate surface area is 140 Å². The second-order valence-electron chi connectivity index (χ2n) is 3.96. The number of benzene rings is 2. The summed E-state index contributed by atoms with van der Waals surface area (Å²) in [6.45, 7) is 0. The number of non-ortho nitro benzene ring substituents is 1. The van der Waals surface area contributed by atoms with Gasteiger partial charge in [0.1, 0.15) is 4.90 Å². The van der Waals surface area contributed by atoms with Gasteiger partial charge in [-0.15, -0.1) is 0 Å². The lowest BCUT2D eigenvalue weighted by molar-refractivity contribution is -0.384. The van der Waals surface area contributed by atoms with E-state index in [1.165, 1.54) is 18.2 Å². The summed E-state index contributed by atoms with van der Waals surface area (Å²) in [5.41, 5.74) is -0.296. The Kier molecular flexibility index (Phi) is 4.81. The van der Waals surface area contributed by atoms with Gasteiger partial charge in [-0.3, -0.25) is 10.1 Å². The van der Waals surface area contributed by atoms with Crippen LogP contribution >= 0.6 is 34.8 Å². The van der Waals surface area contributed by atoms with E-state index in [0.717, 1.165) is 18.2 Å². The Hall–Kier alpha value is -1.54. The molecule has 0 atom stereocenters. The summed E-state index contributed by atoms with van der Waals surface area (Å²) in [6.07, 6.45) is 0. The predicted molar refractivity (Wildman–Crippen MR) is 82.4 cm³/mol. The molecule has 0 aliphatic rings. The van der Waals surface area contributed by atoms with Crippen LogP contribution in [0.15, 0.2) is 41.3 Å². The van der Waals surface area contributed by atoms with Gasteiger partial charge in [0.2, 0.25) is 0 Å². The Morgan fingerprint density at radius 3 is 2.32 bits per heavy atom. The van der Waals surface area contributed by atoms with E-state index >= 15 is 0 Å². The van der Waals surface area contributed by atoms with Crippen LogP contribution in [0.25, 0.3) is 0 Å². The number of nitro benzene ring substituents is 1. The van der Waals surface area contributed by atoms with Gasteiger partial charge in [0, 0.05) is 12.1 Å². The zero-order chi connectivity index (χ0) is 16.5. The number of hydrogen-bond acceptors (Lipinski definition) is 5. The van der Waals surface area contributed by atoms with Gasteiger partial charge < -0.3 is 4.18 Å². The van der Waals surface area contributed by atoms with Crippen LogP contribution in [0.5, 0.6) is 5.75 Å². The Bertz CT molecular complexity index is 854. The van der Waals surface area contributed by atoms with Gasteiger partial charge in [-0.05, 0) is 18.2 Å². The van der Waals surface area contributed by atoms with Crippen molar-refractivity contribution in [3.8, 4) is 5.75 Å². The van der Waals surface area contributed by atoms with Crippen molar-refractivity contribution in [1.29, 1.82) is 0 Å². The van der Waals surface area contributed by atoms with Crippen LogP contribution in [0, 0.1) is 10.1 Å². The minimum Gasteiger partial charge on any atom is -0.377 e. The molecule has 0 fully saturated rings. The van der Waals surface area contributed by atoms with E-state index in [0.29, 0.717) is 0 Å². The van der Waals surface area contributed by atoms with Crippen molar-refractivity contribution in [3.63, 3.8) is 0 Å². The summed E-state index contributed by atoms with van der Waals surface area (Å²) in [4.78, 5) is 9.60. The van der Waals surface area contributed by atoms with Crippen molar-refractivity contribution in [2.45, 2.75) is 4.90 Å². The molecule has 0 aromatic heterocycles. The third kappa shape index (κ3) is 3.44. The summed E-state index contributed by atoms with van der Waals surface area (Å²) >= 11 is 17.4. The molecule has 0 aliphatic carbocycles. The van der Waals surface area contributed by atoms with Crippen LogP contribution in [0.4, 0.5) is 5.69 Å². The van der Waals surface area contributed by atoms with Crippen LogP contribution in [-0.4, -0.2) is 13.3 Å². The predicted octanol–water partition coefficient (Wildman–Crippen LogP) is 4.32. The monoisotopic (exact) mass is 381 g/mol. The third-order valence-corrected chi connectivity index (χ3v) is 5.02. The zero-order valence-corrected chi connectivity index (χ0v) is 13.6. The van der Waals surface area contributed by atoms with Gasteiger partial charge >= 0.3 is 10.1 Å². The molecule has 0 heterocycles. The lowest BCUT2D eigenvalue weighted by atomic mass is 10.3. The number of nitro groups is 1. The Morgan fingerprint density at radius 1 is 1.05 bits per heavy atom. The molecule has 0 N–H and O–H groups in total. The fraction of sp³-hybridized carbons (Fsp3) is 0. The smallest absolute Gasteiger partial charge is 0.340 e. The number of nitrogens with zero attached hydrogens (tertiary/aromatic N) is 1. The van der Waals surface area contributed by atoms with Gasteiger partial charge in [0.15, 0.2) is 5.75 Å². The van der Waals surface area contributed by atoms with Crippen LogP contribution in [-0.2, 0) is 10.1 Å². The highest BCUT2D eigenvalue weighted by molar-refractivity contribution is 7.87. The van der Waals surface area contributed by atoms with E-state index < -0.39 is 15.0 Å². The van der Waals surface area contributed by atoms with E-state index in [9.17, 15) is 18.5 Å². The maximum Gasteiger partial charge on any atom is 0.340 e. The van der Waals surface area contributed by atoms with Crippen LogP contribution in [0.3, 0.4) is 0 Å². The third-order valence-electron chi connectivity index (χ3n) is 2.51. The number of rotatable bonds is 4. The Balaban J connectivity index is 2.41. The molecule has 0 unspecified atom stereocenters. The molecule has 116 valence electrons. The molecular weight excluding hydrogens is 377 g/mol. The summed E-state index contributed by atoms with van der Waals surface area (Å²) in [5, 5.41) is 10.2. The van der Waals surface area contributed by atoms with Crippen LogP contribution < -0.4 is 4.18 Å². The molecule has 2 aromatic rings. The fourth-order valence-electron chi connectivity index (χ4n) is 1.51. The fourth-order valence-corrected chi connectivity index (χ4v) is 3.46. The van der Waals surface area contributed by atoms with Crippen molar-refractivity contribution < 1.29 is 17.5 Å². The van der Waals surface area contributed by atoms with Gasteiger partial charge in [0.05, 0.1) is 20.0 Å². The summed E-state index contributed by atoms with van der Waals surface area (Å²) in [7, 11) is -4.29. The molecular formula is C12H6Cl3NO5S. The molecule has 0 aliphatic heterocycles. The molecule has 0 amide bonds. The highest BCUT2D eigenvalue weighted by Gasteiger charge is 2.23. The normalized spacial score (nSPS) is 11.2. The molecule has 2 aromatic carbocycles. The van der Waals surface area contributed by atoms with E-state index in [4.69, 9.17) is 39.0 Å². The SMILES string of the molecule is O=[N+]([O-])c1ccc(OS(=O)(=O)c2cccc(Cl)c2Cl)c(Cl)c1. The first-order valence-corrected chi connectivity index (χ1v) is 8.09. The molecule has 10 heteroatoms. The molecule has 2 rings (SSSR count). The van der Waals surface area contributed by atoms with E-state index in [2.05, 4.69) is 0 Å². The van der Waals surface area contributed by atoms with Crippen molar-refractivity contribution in [3.05, 3.63) is 61.6 Å². The quantitative estimate of drug-likeness (QED) is 0.446. The topological polar surface area (TPSA) is 86.5 Å². The number of hydrogen-bond donors (Lipinski definition) is 0. The molecule has 0 radical (unpaired) electrons. The van der Waals surface area contributed by atoms with Crippen LogP contribution in [0.1, 0.15) is 0 Å². The molecule has 0 spiro atoms. The second-order valence-corrected chi connectivity index (χ2v) is 6.67. The van der Waals surface area contributed by atoms with Gasteiger partial charge in [0.25, 0.3) is 5.69 Å². The first kappa shape index (κ1) is 16.8. The highest BCUT2D eigenvalue weighted by Crippen LogP contribution is 2.34. The van der Waals surface area contributed by atoms with Gasteiger partial charge in [-0.1, -0.05) is 40.9 Å². The first-order chi connectivity index (χ1) is 10.2. The summed E-state index contributed by atoms with van der Waals surface area (Å²) in [6, 6.07) is 7.14. The van der Waals surface area contributed by atoms with Crippen molar-refractivity contribution in [2.75, 3.05) is 0 Å². The number of halogens is 3. The molecule has 6 nitrogen and oxygen atoms in total. The van der Waals surface area contributed by atoms with Gasteiger partial charge in [-0.25, -0.2) is 0 Å². The first-order valence-electron chi connectivity index (χ1n) is 5.55. The average molecular weight is 383 g/mol. The van der Waals surface area contributed by atoms with E-state index in [-0.39, 0.29) is 31.4 Å². The Morgan fingerprint density at radius 2 is 1.73 bits per heavy atom. The summed E-state index contributed by atoms with van der Waals surface area (Å²) in [5.74, 6) is -0.261. The maximum absolute atomic E-state index is 12.2. The molecule has 0 saturated heterocycles. The van der Waals surface area contributed by atoms with Crippen LogP contribution in [0.2, 0.25) is 15.1 Å². The van der Waals surface area contributed by atoms with E-state index in [1.807, 2.05) is 0 Å². The highest BCUT2D eigenvalue weighted by atomic mass is 35.5. The minimum atomic E-state index is -4.29. The average Bonchev–Trinajstić information content (AvgIpc) is 2.43. The minimum absolute atomic E-state index is 0.0427. The van der Waals surface area contributed by atoms with Gasteiger partial charge in [-0.2, -0.15) is 8.42 Å².